The maximum Gasteiger partial charge on any atom is 0.149 e. The number of hydrogen-bond donors (Lipinski definition) is 1. The van der Waals surface area contributed by atoms with Crippen molar-refractivity contribution in [2.75, 3.05) is 7.05 Å². The lowest BCUT2D eigenvalue weighted by Gasteiger charge is -2.11. The molecular formula is C15H15FN2. The summed E-state index contributed by atoms with van der Waals surface area (Å²) in [6.45, 7) is 0. The molecule has 1 aromatic heterocycles. The Morgan fingerprint density at radius 2 is 2.22 bits per heavy atom. The fraction of sp³-hybridized carbons (Fsp3) is 0.267. The summed E-state index contributed by atoms with van der Waals surface area (Å²) in [5.41, 5.74) is 4.23. The number of nitrogens with zero attached hydrogens (tertiary/aromatic N) is 1. The van der Waals surface area contributed by atoms with Crippen LogP contribution < -0.4 is 5.32 Å². The predicted octanol–water partition coefficient (Wildman–Crippen LogP) is 3.09. The fourth-order valence-electron chi connectivity index (χ4n) is 2.69. The standard InChI is InChI=1S/C15H15FN2/c1-17-15-5-3-11-8-10(2-4-13(11)15)12-6-7-18-9-14(12)16/h2,4,6-9,15,17H,3,5H2,1H3. The van der Waals surface area contributed by atoms with E-state index < -0.39 is 0 Å². The third-order valence-electron chi connectivity index (χ3n) is 3.65. The van der Waals surface area contributed by atoms with Gasteiger partial charge in [0, 0.05) is 17.8 Å². The van der Waals surface area contributed by atoms with E-state index in [1.807, 2.05) is 13.1 Å². The van der Waals surface area contributed by atoms with Crippen molar-refractivity contribution in [3.05, 3.63) is 53.6 Å². The first-order valence-corrected chi connectivity index (χ1v) is 6.19. The van der Waals surface area contributed by atoms with Crippen LogP contribution in [0.2, 0.25) is 0 Å². The molecule has 0 amide bonds. The Hall–Kier alpha value is -1.74. The lowest BCUT2D eigenvalue weighted by atomic mass is 10.0. The van der Waals surface area contributed by atoms with Crippen molar-refractivity contribution >= 4 is 0 Å². The average molecular weight is 242 g/mol. The van der Waals surface area contributed by atoms with Gasteiger partial charge in [-0.15, -0.1) is 0 Å². The highest BCUT2D eigenvalue weighted by atomic mass is 19.1. The first-order valence-electron chi connectivity index (χ1n) is 6.19. The van der Waals surface area contributed by atoms with Crippen LogP contribution in [0, 0.1) is 5.82 Å². The van der Waals surface area contributed by atoms with Crippen LogP contribution in [0.15, 0.2) is 36.7 Å². The van der Waals surface area contributed by atoms with Gasteiger partial charge in [-0.1, -0.05) is 18.2 Å². The van der Waals surface area contributed by atoms with Gasteiger partial charge in [0.2, 0.25) is 0 Å². The molecule has 92 valence electrons. The molecule has 2 aromatic rings. The molecule has 1 aliphatic rings. The SMILES string of the molecule is CNC1CCc2cc(-c3ccncc3F)ccc21. The van der Waals surface area contributed by atoms with E-state index in [1.165, 1.54) is 17.3 Å². The van der Waals surface area contributed by atoms with Crippen molar-refractivity contribution in [1.29, 1.82) is 0 Å². The molecule has 2 nitrogen and oxygen atoms in total. The van der Waals surface area contributed by atoms with Gasteiger partial charge in [-0.05, 0) is 42.6 Å². The van der Waals surface area contributed by atoms with Crippen LogP contribution in [-0.4, -0.2) is 12.0 Å². The van der Waals surface area contributed by atoms with Crippen LogP contribution in [-0.2, 0) is 6.42 Å². The van der Waals surface area contributed by atoms with Crippen molar-refractivity contribution < 1.29 is 4.39 Å². The zero-order chi connectivity index (χ0) is 12.5. The van der Waals surface area contributed by atoms with Gasteiger partial charge >= 0.3 is 0 Å². The highest BCUT2D eigenvalue weighted by molar-refractivity contribution is 5.65. The fourth-order valence-corrected chi connectivity index (χ4v) is 2.69. The Balaban J connectivity index is 2.04. The predicted molar refractivity (Wildman–Crippen MR) is 69.8 cm³/mol. The van der Waals surface area contributed by atoms with E-state index >= 15 is 0 Å². The molecule has 0 fully saturated rings. The molecule has 1 unspecified atom stereocenters. The smallest absolute Gasteiger partial charge is 0.149 e. The lowest BCUT2D eigenvalue weighted by molar-refractivity contribution is 0.590. The Kier molecular flexibility index (Phi) is 2.84. The number of pyridine rings is 1. The van der Waals surface area contributed by atoms with E-state index in [2.05, 4.69) is 22.4 Å². The number of hydrogen-bond acceptors (Lipinski definition) is 2. The number of rotatable bonds is 2. The van der Waals surface area contributed by atoms with Gasteiger partial charge in [0.15, 0.2) is 0 Å². The van der Waals surface area contributed by atoms with Crippen molar-refractivity contribution in [3.63, 3.8) is 0 Å². The van der Waals surface area contributed by atoms with E-state index in [1.54, 1.807) is 12.3 Å². The van der Waals surface area contributed by atoms with E-state index in [4.69, 9.17) is 0 Å². The van der Waals surface area contributed by atoms with Gasteiger partial charge in [0.1, 0.15) is 5.82 Å². The molecule has 0 aliphatic heterocycles. The monoisotopic (exact) mass is 242 g/mol. The minimum Gasteiger partial charge on any atom is -0.313 e. The van der Waals surface area contributed by atoms with E-state index in [0.29, 0.717) is 11.6 Å². The lowest BCUT2D eigenvalue weighted by Crippen LogP contribution is -2.12. The van der Waals surface area contributed by atoms with Crippen molar-refractivity contribution in [3.8, 4) is 11.1 Å². The second-order valence-electron chi connectivity index (χ2n) is 4.65. The number of halogens is 1. The van der Waals surface area contributed by atoms with Crippen LogP contribution in [0.3, 0.4) is 0 Å². The van der Waals surface area contributed by atoms with Gasteiger partial charge < -0.3 is 5.32 Å². The second-order valence-corrected chi connectivity index (χ2v) is 4.65. The summed E-state index contributed by atoms with van der Waals surface area (Å²) in [5, 5.41) is 3.31. The van der Waals surface area contributed by atoms with Crippen LogP contribution in [0.1, 0.15) is 23.6 Å². The van der Waals surface area contributed by atoms with E-state index in [9.17, 15) is 4.39 Å². The topological polar surface area (TPSA) is 24.9 Å². The summed E-state index contributed by atoms with van der Waals surface area (Å²) in [5.74, 6) is -0.263. The highest BCUT2D eigenvalue weighted by Crippen LogP contribution is 2.34. The third kappa shape index (κ3) is 1.81. The zero-order valence-electron chi connectivity index (χ0n) is 10.3. The largest absolute Gasteiger partial charge is 0.313 e. The molecule has 18 heavy (non-hydrogen) atoms. The van der Waals surface area contributed by atoms with Gasteiger partial charge in [-0.2, -0.15) is 0 Å². The number of benzene rings is 1. The number of aromatic nitrogens is 1. The van der Waals surface area contributed by atoms with Crippen molar-refractivity contribution in [1.82, 2.24) is 10.3 Å². The van der Waals surface area contributed by atoms with Gasteiger partial charge in [0.05, 0.1) is 6.20 Å². The van der Waals surface area contributed by atoms with E-state index in [0.717, 1.165) is 18.4 Å². The summed E-state index contributed by atoms with van der Waals surface area (Å²) in [4.78, 5) is 3.78. The summed E-state index contributed by atoms with van der Waals surface area (Å²) in [6.07, 6.45) is 5.07. The van der Waals surface area contributed by atoms with Crippen LogP contribution in [0.4, 0.5) is 4.39 Å². The average Bonchev–Trinajstić information content (AvgIpc) is 2.81. The Labute approximate surface area is 106 Å². The summed E-state index contributed by atoms with van der Waals surface area (Å²) in [7, 11) is 1.98. The molecule has 1 aliphatic carbocycles. The Morgan fingerprint density at radius 1 is 1.33 bits per heavy atom. The number of aryl methyl sites for hydroxylation is 1. The molecule has 0 bridgehead atoms. The molecule has 1 heterocycles. The second kappa shape index (κ2) is 4.50. The number of fused-ring (bicyclic) bond motifs is 1. The zero-order valence-corrected chi connectivity index (χ0v) is 10.3. The Bertz CT molecular complexity index is 580. The normalized spacial score (nSPS) is 17.8. The summed E-state index contributed by atoms with van der Waals surface area (Å²) >= 11 is 0. The molecule has 3 heteroatoms. The van der Waals surface area contributed by atoms with Crippen LogP contribution >= 0.6 is 0 Å². The number of nitrogens with one attached hydrogen (secondary N) is 1. The molecule has 0 radical (unpaired) electrons. The maximum atomic E-state index is 13.7. The molecular weight excluding hydrogens is 227 g/mol. The first-order chi connectivity index (χ1) is 8.79. The molecule has 3 rings (SSSR count). The molecule has 1 atom stereocenters. The van der Waals surface area contributed by atoms with Crippen molar-refractivity contribution in [2.24, 2.45) is 0 Å². The molecule has 1 N–H and O–H groups in total. The van der Waals surface area contributed by atoms with Gasteiger partial charge in [0.25, 0.3) is 0 Å². The maximum absolute atomic E-state index is 13.7. The highest BCUT2D eigenvalue weighted by Gasteiger charge is 2.21. The Morgan fingerprint density at radius 3 is 3.00 bits per heavy atom. The third-order valence-corrected chi connectivity index (χ3v) is 3.65. The molecule has 0 saturated heterocycles. The van der Waals surface area contributed by atoms with Gasteiger partial charge in [-0.3, -0.25) is 4.98 Å². The van der Waals surface area contributed by atoms with E-state index in [-0.39, 0.29) is 5.82 Å². The summed E-state index contributed by atoms with van der Waals surface area (Å²) in [6, 6.07) is 8.37. The first kappa shape index (κ1) is 11.4. The molecule has 1 aromatic carbocycles. The summed E-state index contributed by atoms with van der Waals surface area (Å²) < 4.78 is 13.7. The quantitative estimate of drug-likeness (QED) is 0.875. The van der Waals surface area contributed by atoms with Crippen LogP contribution in [0.5, 0.6) is 0 Å². The molecule has 0 saturated carbocycles. The van der Waals surface area contributed by atoms with Crippen LogP contribution in [0.25, 0.3) is 11.1 Å². The van der Waals surface area contributed by atoms with Crippen molar-refractivity contribution in [2.45, 2.75) is 18.9 Å². The minimum absolute atomic E-state index is 0.263. The van der Waals surface area contributed by atoms with Gasteiger partial charge in [-0.25, -0.2) is 4.39 Å². The molecule has 0 spiro atoms. The minimum atomic E-state index is -0.263.